The average Bonchev–Trinajstić information content (AvgIpc) is 2.42. The summed E-state index contributed by atoms with van der Waals surface area (Å²) in [6.07, 6.45) is 0. The molecule has 1 aromatic carbocycles. The molecular weight excluding hydrogens is 301 g/mol. The second-order valence-electron chi connectivity index (χ2n) is 4.09. The lowest BCUT2D eigenvalue weighted by molar-refractivity contribution is 0.379. The Morgan fingerprint density at radius 2 is 1.85 bits per heavy atom. The summed E-state index contributed by atoms with van der Waals surface area (Å²) in [6, 6.07) is 5.39. The number of hydrogen-bond acceptors (Lipinski definition) is 6. The maximum Gasteiger partial charge on any atom is 0.322 e. The van der Waals surface area contributed by atoms with E-state index in [1.54, 1.807) is 23.1 Å². The van der Waals surface area contributed by atoms with Crippen LogP contribution in [0.5, 0.6) is 6.01 Å². The van der Waals surface area contributed by atoms with E-state index in [1.807, 2.05) is 14.1 Å². The van der Waals surface area contributed by atoms with Gasteiger partial charge in [-0.3, -0.25) is 0 Å². The number of methoxy groups -OCH3 is 1. The van der Waals surface area contributed by atoms with Crippen LogP contribution >= 0.6 is 23.2 Å². The number of anilines is 3. The summed E-state index contributed by atoms with van der Waals surface area (Å²) in [4.78, 5) is 14.3. The summed E-state index contributed by atoms with van der Waals surface area (Å²) in [5, 5.41) is 3.97. The van der Waals surface area contributed by atoms with E-state index < -0.39 is 0 Å². The van der Waals surface area contributed by atoms with Gasteiger partial charge in [0.05, 0.1) is 17.2 Å². The number of rotatable bonds is 4. The number of hydrogen-bond donors (Lipinski definition) is 1. The fraction of sp³-hybridized carbons (Fsp3) is 0.250. The van der Waals surface area contributed by atoms with E-state index in [-0.39, 0.29) is 6.01 Å². The first-order valence-electron chi connectivity index (χ1n) is 5.69. The lowest BCUT2D eigenvalue weighted by Gasteiger charge is -2.13. The fourth-order valence-corrected chi connectivity index (χ4v) is 1.69. The zero-order valence-electron chi connectivity index (χ0n) is 11.2. The smallest absolute Gasteiger partial charge is 0.322 e. The lowest BCUT2D eigenvalue weighted by atomic mass is 10.3. The van der Waals surface area contributed by atoms with Crippen molar-refractivity contribution in [2.24, 2.45) is 0 Å². The third-order valence-electron chi connectivity index (χ3n) is 2.36. The topological polar surface area (TPSA) is 63.2 Å². The van der Waals surface area contributed by atoms with Gasteiger partial charge in [-0.2, -0.15) is 15.0 Å². The molecule has 0 fully saturated rings. The standard InChI is InChI=1S/C12H13Cl2N5O/c1-19(2)11-16-10(17-12(18-11)20-3)15-7-4-5-8(13)9(14)6-7/h4-6H,1-3H3,(H,15,16,17,18). The van der Waals surface area contributed by atoms with E-state index in [2.05, 4.69) is 20.3 Å². The number of nitrogens with zero attached hydrogens (tertiary/aromatic N) is 4. The Bertz CT molecular complexity index is 621. The second kappa shape index (κ2) is 6.11. The maximum absolute atomic E-state index is 5.96. The minimum absolute atomic E-state index is 0.228. The average molecular weight is 314 g/mol. The van der Waals surface area contributed by atoms with Crippen molar-refractivity contribution in [2.45, 2.75) is 0 Å². The summed E-state index contributed by atoms with van der Waals surface area (Å²) >= 11 is 11.8. The van der Waals surface area contributed by atoms with E-state index in [9.17, 15) is 0 Å². The monoisotopic (exact) mass is 313 g/mol. The van der Waals surface area contributed by atoms with Gasteiger partial charge in [0.15, 0.2) is 0 Å². The molecular formula is C12H13Cl2N5O. The van der Waals surface area contributed by atoms with Crippen LogP contribution in [0.3, 0.4) is 0 Å². The summed E-state index contributed by atoms with van der Waals surface area (Å²) in [5.74, 6) is 0.846. The number of benzene rings is 1. The molecule has 0 saturated heterocycles. The van der Waals surface area contributed by atoms with Gasteiger partial charge in [0.1, 0.15) is 0 Å². The van der Waals surface area contributed by atoms with Crippen LogP contribution in [0.2, 0.25) is 10.0 Å². The van der Waals surface area contributed by atoms with E-state index in [1.165, 1.54) is 7.11 Å². The highest BCUT2D eigenvalue weighted by Gasteiger charge is 2.09. The molecule has 1 heterocycles. The summed E-state index contributed by atoms with van der Waals surface area (Å²) in [6.45, 7) is 0. The van der Waals surface area contributed by atoms with Crippen molar-refractivity contribution in [3.05, 3.63) is 28.2 Å². The molecule has 6 nitrogen and oxygen atoms in total. The normalized spacial score (nSPS) is 10.2. The molecule has 0 radical (unpaired) electrons. The molecule has 2 rings (SSSR count). The first-order chi connectivity index (χ1) is 9.49. The highest BCUT2D eigenvalue weighted by molar-refractivity contribution is 6.42. The largest absolute Gasteiger partial charge is 0.467 e. The lowest BCUT2D eigenvalue weighted by Crippen LogP contribution is -2.15. The molecule has 0 aliphatic rings. The molecule has 20 heavy (non-hydrogen) atoms. The quantitative estimate of drug-likeness (QED) is 0.936. The Hall–Kier alpha value is -1.79. The minimum atomic E-state index is 0.228. The molecule has 0 spiro atoms. The predicted octanol–water partition coefficient (Wildman–Crippen LogP) is 3.00. The van der Waals surface area contributed by atoms with Crippen LogP contribution in [-0.2, 0) is 0 Å². The van der Waals surface area contributed by atoms with Gasteiger partial charge in [-0.25, -0.2) is 0 Å². The summed E-state index contributed by atoms with van der Waals surface area (Å²) in [5.41, 5.74) is 0.720. The van der Waals surface area contributed by atoms with Gasteiger partial charge in [-0.15, -0.1) is 0 Å². The van der Waals surface area contributed by atoms with Crippen molar-refractivity contribution in [1.29, 1.82) is 0 Å². The Kier molecular flexibility index (Phi) is 4.46. The maximum atomic E-state index is 5.96. The summed E-state index contributed by atoms with van der Waals surface area (Å²) < 4.78 is 5.05. The molecule has 0 saturated carbocycles. The van der Waals surface area contributed by atoms with Gasteiger partial charge in [-0.1, -0.05) is 23.2 Å². The Labute approximate surface area is 126 Å². The van der Waals surface area contributed by atoms with Crippen LogP contribution in [0.15, 0.2) is 18.2 Å². The van der Waals surface area contributed by atoms with Crippen molar-refractivity contribution >= 4 is 40.8 Å². The number of aromatic nitrogens is 3. The van der Waals surface area contributed by atoms with Gasteiger partial charge in [0.25, 0.3) is 0 Å². The van der Waals surface area contributed by atoms with Crippen LogP contribution in [0.4, 0.5) is 17.6 Å². The van der Waals surface area contributed by atoms with Gasteiger partial charge in [0.2, 0.25) is 11.9 Å². The number of nitrogens with one attached hydrogen (secondary N) is 1. The van der Waals surface area contributed by atoms with Gasteiger partial charge < -0.3 is 15.0 Å². The van der Waals surface area contributed by atoms with Crippen molar-refractivity contribution in [3.8, 4) is 6.01 Å². The summed E-state index contributed by atoms with van der Waals surface area (Å²) in [7, 11) is 5.16. The molecule has 0 amide bonds. The zero-order valence-corrected chi connectivity index (χ0v) is 12.7. The van der Waals surface area contributed by atoms with Gasteiger partial charge in [0, 0.05) is 19.8 Å². The van der Waals surface area contributed by atoms with Crippen LogP contribution < -0.4 is 15.0 Å². The molecule has 0 aliphatic heterocycles. The van der Waals surface area contributed by atoms with E-state index >= 15 is 0 Å². The van der Waals surface area contributed by atoms with Crippen molar-refractivity contribution < 1.29 is 4.74 Å². The van der Waals surface area contributed by atoms with Crippen molar-refractivity contribution in [2.75, 3.05) is 31.4 Å². The predicted molar refractivity (Wildman–Crippen MR) is 80.5 cm³/mol. The highest BCUT2D eigenvalue weighted by Crippen LogP contribution is 2.26. The van der Waals surface area contributed by atoms with E-state index in [0.29, 0.717) is 21.9 Å². The Balaban J connectivity index is 2.32. The van der Waals surface area contributed by atoms with Crippen molar-refractivity contribution in [3.63, 3.8) is 0 Å². The third-order valence-corrected chi connectivity index (χ3v) is 3.10. The Morgan fingerprint density at radius 3 is 2.45 bits per heavy atom. The molecule has 1 aromatic heterocycles. The van der Waals surface area contributed by atoms with E-state index in [4.69, 9.17) is 27.9 Å². The molecule has 0 aliphatic carbocycles. The van der Waals surface area contributed by atoms with Crippen molar-refractivity contribution in [1.82, 2.24) is 15.0 Å². The van der Waals surface area contributed by atoms with Gasteiger partial charge >= 0.3 is 6.01 Å². The molecule has 106 valence electrons. The molecule has 0 bridgehead atoms. The molecule has 0 atom stereocenters. The third kappa shape index (κ3) is 3.40. The highest BCUT2D eigenvalue weighted by atomic mass is 35.5. The molecule has 2 aromatic rings. The van der Waals surface area contributed by atoms with Crippen LogP contribution in [0, 0.1) is 0 Å². The number of halogens is 2. The van der Waals surface area contributed by atoms with E-state index in [0.717, 1.165) is 5.69 Å². The second-order valence-corrected chi connectivity index (χ2v) is 4.91. The minimum Gasteiger partial charge on any atom is -0.467 e. The van der Waals surface area contributed by atoms with Crippen LogP contribution in [0.25, 0.3) is 0 Å². The van der Waals surface area contributed by atoms with Crippen LogP contribution in [-0.4, -0.2) is 36.2 Å². The molecule has 0 unspecified atom stereocenters. The molecule has 1 N–H and O–H groups in total. The number of ether oxygens (including phenoxy) is 1. The fourth-order valence-electron chi connectivity index (χ4n) is 1.40. The molecule has 8 heteroatoms. The van der Waals surface area contributed by atoms with Crippen LogP contribution in [0.1, 0.15) is 0 Å². The SMILES string of the molecule is COc1nc(Nc2ccc(Cl)c(Cl)c2)nc(N(C)C)n1. The Morgan fingerprint density at radius 1 is 1.10 bits per heavy atom. The zero-order chi connectivity index (χ0) is 14.7. The van der Waals surface area contributed by atoms with Gasteiger partial charge in [-0.05, 0) is 18.2 Å². The first-order valence-corrected chi connectivity index (χ1v) is 6.44. The first kappa shape index (κ1) is 14.6.